The van der Waals surface area contributed by atoms with Crippen molar-refractivity contribution < 1.29 is 23.8 Å². The van der Waals surface area contributed by atoms with Crippen LogP contribution in [0.15, 0.2) is 54.9 Å². The Hall–Kier alpha value is -3.53. The highest BCUT2D eigenvalue weighted by Gasteiger charge is 2.41. The fraction of sp³-hybridized carbons (Fsp3) is 0.269. The summed E-state index contributed by atoms with van der Waals surface area (Å²) in [6.07, 6.45) is -0.320. The zero-order valence-electron chi connectivity index (χ0n) is 19.9. The number of ether oxygens (including phenoxy) is 3. The number of aryl methyl sites for hydroxylation is 2. The summed E-state index contributed by atoms with van der Waals surface area (Å²) in [6, 6.07) is 14.1. The predicted octanol–water partition coefficient (Wildman–Crippen LogP) is 5.12. The van der Waals surface area contributed by atoms with E-state index in [9.17, 15) is 9.59 Å². The molecule has 37 heavy (non-hydrogen) atoms. The lowest BCUT2D eigenvalue weighted by atomic mass is 10.1. The number of halogens is 2. The van der Waals surface area contributed by atoms with Crippen molar-refractivity contribution in [1.82, 2.24) is 19.5 Å². The number of rotatable bonds is 6. The van der Waals surface area contributed by atoms with Gasteiger partial charge in [-0.15, -0.1) is 0 Å². The summed E-state index contributed by atoms with van der Waals surface area (Å²) in [5.74, 6) is -1.01. The number of fused-ring (bicyclic) bond motifs is 1. The number of hydrogen-bond acceptors (Lipinski definition) is 8. The van der Waals surface area contributed by atoms with Gasteiger partial charge in [0.05, 0.1) is 17.5 Å². The molecule has 0 N–H and O–H groups in total. The molecule has 4 aromatic rings. The van der Waals surface area contributed by atoms with Crippen LogP contribution in [0.2, 0.25) is 10.4 Å². The molecule has 0 bridgehead atoms. The molecule has 3 atom stereocenters. The van der Waals surface area contributed by atoms with Gasteiger partial charge in [0.2, 0.25) is 5.28 Å². The van der Waals surface area contributed by atoms with E-state index in [2.05, 4.69) is 15.0 Å². The molecule has 3 heterocycles. The van der Waals surface area contributed by atoms with Crippen molar-refractivity contribution in [1.29, 1.82) is 0 Å². The molecule has 0 spiro atoms. The molecule has 0 amide bonds. The van der Waals surface area contributed by atoms with E-state index in [4.69, 9.17) is 37.4 Å². The number of aromatic nitrogens is 4. The summed E-state index contributed by atoms with van der Waals surface area (Å²) < 4.78 is 19.2. The maximum absolute atomic E-state index is 12.9. The van der Waals surface area contributed by atoms with E-state index in [-0.39, 0.29) is 23.5 Å². The first-order valence-corrected chi connectivity index (χ1v) is 12.3. The van der Waals surface area contributed by atoms with Gasteiger partial charge in [-0.2, -0.15) is 4.98 Å². The van der Waals surface area contributed by atoms with Crippen molar-refractivity contribution in [2.45, 2.75) is 38.7 Å². The van der Waals surface area contributed by atoms with Gasteiger partial charge in [0, 0.05) is 6.42 Å². The van der Waals surface area contributed by atoms with E-state index in [1.165, 1.54) is 6.33 Å². The number of carbonyl (C=O) groups excluding carboxylic acids is 2. The van der Waals surface area contributed by atoms with Crippen LogP contribution in [-0.2, 0) is 14.2 Å². The highest BCUT2D eigenvalue weighted by molar-refractivity contribution is 6.35. The molecule has 0 radical (unpaired) electrons. The van der Waals surface area contributed by atoms with E-state index >= 15 is 0 Å². The molecule has 190 valence electrons. The highest BCUT2D eigenvalue weighted by atomic mass is 35.5. The zero-order chi connectivity index (χ0) is 26.1. The lowest BCUT2D eigenvalue weighted by Crippen LogP contribution is -2.32. The number of benzene rings is 2. The molecule has 0 unspecified atom stereocenters. The van der Waals surface area contributed by atoms with Crippen molar-refractivity contribution in [3.05, 3.63) is 87.5 Å². The summed E-state index contributed by atoms with van der Waals surface area (Å²) in [4.78, 5) is 37.8. The van der Waals surface area contributed by atoms with Gasteiger partial charge in [-0.25, -0.2) is 19.6 Å². The van der Waals surface area contributed by atoms with Crippen LogP contribution in [0.1, 0.15) is 44.5 Å². The molecule has 1 fully saturated rings. The maximum Gasteiger partial charge on any atom is 0.338 e. The fourth-order valence-electron chi connectivity index (χ4n) is 4.07. The monoisotopic (exact) mass is 540 g/mol. The molecule has 2 aromatic carbocycles. The predicted molar refractivity (Wildman–Crippen MR) is 136 cm³/mol. The van der Waals surface area contributed by atoms with Gasteiger partial charge in [0.15, 0.2) is 10.8 Å². The summed E-state index contributed by atoms with van der Waals surface area (Å²) in [5, 5.41) is 0.0828. The van der Waals surface area contributed by atoms with Crippen molar-refractivity contribution in [3.63, 3.8) is 0 Å². The minimum atomic E-state index is -0.738. The van der Waals surface area contributed by atoms with E-state index < -0.39 is 30.4 Å². The van der Waals surface area contributed by atoms with E-state index in [0.29, 0.717) is 22.3 Å². The summed E-state index contributed by atoms with van der Waals surface area (Å²) in [5.41, 5.74) is 3.59. The standard InChI is InChI=1S/C26H22Cl2N4O5/c1-14-3-7-16(8-4-14)24(33)35-12-19-18(37-25(34)17-9-5-15(2)6-10-17)11-20(36-19)32-13-29-23-21(32)22(27)30-26(28)31-23/h3-10,13,18-20H,11-12H2,1-2H3/t18-,19+,20-/m0/s1. The zero-order valence-corrected chi connectivity index (χ0v) is 21.4. The topological polar surface area (TPSA) is 105 Å². The van der Waals surface area contributed by atoms with Gasteiger partial charge >= 0.3 is 11.9 Å². The van der Waals surface area contributed by atoms with Gasteiger partial charge in [0.1, 0.15) is 30.6 Å². The Morgan fingerprint density at radius 2 is 1.59 bits per heavy atom. The second kappa shape index (κ2) is 10.5. The summed E-state index contributed by atoms with van der Waals surface area (Å²) in [7, 11) is 0. The van der Waals surface area contributed by atoms with Crippen molar-refractivity contribution >= 4 is 46.3 Å². The molecule has 9 nitrogen and oxygen atoms in total. The molecule has 5 rings (SSSR count). The van der Waals surface area contributed by atoms with Crippen LogP contribution in [0.25, 0.3) is 11.2 Å². The van der Waals surface area contributed by atoms with Crippen LogP contribution in [0.3, 0.4) is 0 Å². The van der Waals surface area contributed by atoms with Crippen LogP contribution >= 0.6 is 23.2 Å². The number of esters is 2. The highest BCUT2D eigenvalue weighted by Crippen LogP contribution is 2.35. The Balaban J connectivity index is 1.37. The SMILES string of the molecule is Cc1ccc(C(=O)OC[C@H]2O[C@H](n3cnc4nc(Cl)nc(Cl)c43)C[C@@H]2OC(=O)c2ccc(C)cc2)cc1. The molecule has 1 aliphatic heterocycles. The summed E-state index contributed by atoms with van der Waals surface area (Å²) in [6.45, 7) is 3.73. The first kappa shape index (κ1) is 25.1. The minimum absolute atomic E-state index is 0.0270. The Kier molecular flexibility index (Phi) is 7.10. The largest absolute Gasteiger partial charge is 0.459 e. The molecule has 0 aliphatic carbocycles. The van der Waals surface area contributed by atoms with Gasteiger partial charge in [-0.05, 0) is 49.7 Å². The van der Waals surface area contributed by atoms with Crippen LogP contribution in [0, 0.1) is 13.8 Å². The first-order chi connectivity index (χ1) is 17.8. The number of carbonyl (C=O) groups is 2. The van der Waals surface area contributed by atoms with Gasteiger partial charge in [-0.1, -0.05) is 47.0 Å². The van der Waals surface area contributed by atoms with Crippen LogP contribution in [-0.4, -0.2) is 50.3 Å². The van der Waals surface area contributed by atoms with Crippen molar-refractivity contribution in [3.8, 4) is 0 Å². The fourth-order valence-corrected chi connectivity index (χ4v) is 4.54. The molecule has 1 aliphatic rings. The van der Waals surface area contributed by atoms with Gasteiger partial charge < -0.3 is 14.2 Å². The maximum atomic E-state index is 12.9. The lowest BCUT2D eigenvalue weighted by Gasteiger charge is -2.19. The molecule has 11 heteroatoms. The molecule has 2 aromatic heterocycles. The molecular weight excluding hydrogens is 519 g/mol. The Labute approximate surface area is 222 Å². The normalized spacial score (nSPS) is 19.2. The molecular formula is C26H22Cl2N4O5. The van der Waals surface area contributed by atoms with E-state index in [0.717, 1.165) is 11.1 Å². The Morgan fingerprint density at radius 3 is 2.24 bits per heavy atom. The third-order valence-electron chi connectivity index (χ3n) is 6.06. The Morgan fingerprint density at radius 1 is 0.973 bits per heavy atom. The second-order valence-corrected chi connectivity index (χ2v) is 9.44. The van der Waals surface area contributed by atoms with Gasteiger partial charge in [-0.3, -0.25) is 4.57 Å². The van der Waals surface area contributed by atoms with E-state index in [1.807, 2.05) is 38.1 Å². The van der Waals surface area contributed by atoms with Crippen LogP contribution < -0.4 is 0 Å². The van der Waals surface area contributed by atoms with Crippen molar-refractivity contribution in [2.24, 2.45) is 0 Å². The molecule has 1 saturated heterocycles. The van der Waals surface area contributed by atoms with E-state index in [1.54, 1.807) is 28.8 Å². The van der Waals surface area contributed by atoms with Gasteiger partial charge in [0.25, 0.3) is 0 Å². The van der Waals surface area contributed by atoms with Crippen molar-refractivity contribution in [2.75, 3.05) is 6.61 Å². The summed E-state index contributed by atoms with van der Waals surface area (Å²) >= 11 is 12.2. The quantitative estimate of drug-likeness (QED) is 0.188. The first-order valence-electron chi connectivity index (χ1n) is 11.5. The minimum Gasteiger partial charge on any atom is -0.459 e. The Bertz CT molecular complexity index is 1460. The van der Waals surface area contributed by atoms with Crippen LogP contribution in [0.5, 0.6) is 0 Å². The smallest absolute Gasteiger partial charge is 0.338 e. The lowest BCUT2D eigenvalue weighted by molar-refractivity contribution is -0.0562. The third kappa shape index (κ3) is 5.44. The number of imidazole rings is 1. The third-order valence-corrected chi connectivity index (χ3v) is 6.49. The van der Waals surface area contributed by atoms with Crippen LogP contribution in [0.4, 0.5) is 0 Å². The number of nitrogens with zero attached hydrogens (tertiary/aromatic N) is 4. The average molecular weight is 541 g/mol. The second-order valence-electron chi connectivity index (χ2n) is 8.75. The number of hydrogen-bond donors (Lipinski definition) is 0. The average Bonchev–Trinajstić information content (AvgIpc) is 3.47. The molecule has 0 saturated carbocycles.